The number of amides is 1. The van der Waals surface area contributed by atoms with E-state index in [1.807, 2.05) is 23.2 Å². The minimum absolute atomic E-state index is 0.000559. The predicted octanol–water partition coefficient (Wildman–Crippen LogP) is 7.04. The predicted molar refractivity (Wildman–Crippen MR) is 170 cm³/mol. The summed E-state index contributed by atoms with van der Waals surface area (Å²) < 4.78 is 18.2. The van der Waals surface area contributed by atoms with Gasteiger partial charge < -0.3 is 19.5 Å². The van der Waals surface area contributed by atoms with Crippen molar-refractivity contribution in [2.24, 2.45) is 12.0 Å². The summed E-state index contributed by atoms with van der Waals surface area (Å²) in [6, 6.07) is 0. The summed E-state index contributed by atoms with van der Waals surface area (Å²) in [7, 11) is 3.45. The number of unbranched alkanes of at least 4 members (excludes halogenated alkanes) is 15. The van der Waals surface area contributed by atoms with E-state index in [0.717, 1.165) is 17.8 Å². The van der Waals surface area contributed by atoms with Crippen LogP contribution in [0.1, 0.15) is 115 Å². The van der Waals surface area contributed by atoms with Crippen molar-refractivity contribution in [2.45, 2.75) is 128 Å². The molecule has 8 nitrogen and oxygen atoms in total. The third-order valence-electron chi connectivity index (χ3n) is 7.85. The molecule has 2 heterocycles. The molecule has 238 valence electrons. The Bertz CT molecular complexity index is 921. The number of carbonyl (C=O) groups is 2. The van der Waals surface area contributed by atoms with Gasteiger partial charge in [-0.3, -0.25) is 4.99 Å². The molecule has 0 saturated heterocycles. The van der Waals surface area contributed by atoms with Gasteiger partial charge in [-0.15, -0.1) is 0 Å². The van der Waals surface area contributed by atoms with Crippen LogP contribution in [0.4, 0.5) is 4.79 Å². The number of alkyl carbamates (subject to hydrolysis) is 1. The highest BCUT2D eigenvalue weighted by atomic mass is 32.1. The van der Waals surface area contributed by atoms with Crippen molar-refractivity contribution in [1.29, 1.82) is 0 Å². The van der Waals surface area contributed by atoms with Gasteiger partial charge in [-0.1, -0.05) is 115 Å². The molecule has 1 amide bonds. The Kier molecular flexibility index (Phi) is 19.1. The van der Waals surface area contributed by atoms with E-state index >= 15 is 0 Å². The van der Waals surface area contributed by atoms with Gasteiger partial charge in [0.15, 0.2) is 11.7 Å². The van der Waals surface area contributed by atoms with Crippen molar-refractivity contribution in [3.63, 3.8) is 0 Å². The molecule has 1 aromatic heterocycles. The highest BCUT2D eigenvalue weighted by molar-refractivity contribution is 7.09. The Morgan fingerprint density at radius 2 is 1.48 bits per heavy atom. The number of aliphatic imine (C=N–C) groups is 1. The lowest BCUT2D eigenvalue weighted by atomic mass is 9.97. The number of methoxy groups -OCH3 is 1. The molecule has 1 aliphatic heterocycles. The lowest BCUT2D eigenvalue weighted by Crippen LogP contribution is -2.43. The van der Waals surface area contributed by atoms with Gasteiger partial charge in [0.05, 0.1) is 11.8 Å². The van der Waals surface area contributed by atoms with Crippen molar-refractivity contribution in [1.82, 2.24) is 5.32 Å². The Hall–Kier alpha value is -2.26. The molecule has 0 fully saturated rings. The Morgan fingerprint density at radius 3 is 1.98 bits per heavy atom. The molecule has 1 aromatic rings. The number of carbonyl (C=O) groups excluding carboxylic acids is 2. The number of ether oxygens (including phenoxy) is 3. The standard InChI is InChI=1S/C33H55N3O5S/c1-4-5-6-7-8-9-10-11-12-13-14-15-16-17-18-19-22-34-32(38)41-28-29(39-3)27-40-31(37)33(21-20-23-35-33)26-30-36(2)24-25-42-30/h20-21,23-25,29H,4-19,22,26-28H2,1-3H3/p+1. The Morgan fingerprint density at radius 1 is 0.905 bits per heavy atom. The molecule has 2 unspecified atom stereocenters. The molecule has 0 saturated carbocycles. The van der Waals surface area contributed by atoms with E-state index in [0.29, 0.717) is 13.0 Å². The molecule has 2 atom stereocenters. The molecule has 1 aliphatic rings. The summed E-state index contributed by atoms with van der Waals surface area (Å²) in [6.07, 6.45) is 27.6. The van der Waals surface area contributed by atoms with Crippen LogP contribution in [-0.2, 0) is 32.5 Å². The van der Waals surface area contributed by atoms with Gasteiger partial charge in [-0.2, -0.15) is 4.57 Å². The summed E-state index contributed by atoms with van der Waals surface area (Å²) in [5.74, 6) is -0.448. The number of nitrogens with one attached hydrogen (secondary N) is 1. The first kappa shape index (κ1) is 35.9. The third-order valence-corrected chi connectivity index (χ3v) is 8.81. The van der Waals surface area contributed by atoms with Crippen molar-refractivity contribution in [2.75, 3.05) is 26.9 Å². The number of hydrogen-bond donors (Lipinski definition) is 1. The minimum atomic E-state index is -1.08. The van der Waals surface area contributed by atoms with E-state index in [-0.39, 0.29) is 13.2 Å². The average molecular weight is 607 g/mol. The summed E-state index contributed by atoms with van der Waals surface area (Å²) >= 11 is 1.57. The van der Waals surface area contributed by atoms with Crippen LogP contribution in [0.2, 0.25) is 0 Å². The van der Waals surface area contributed by atoms with Crippen LogP contribution in [0.25, 0.3) is 0 Å². The highest BCUT2D eigenvalue weighted by Gasteiger charge is 2.42. The van der Waals surface area contributed by atoms with Gasteiger partial charge in [-0.05, 0) is 18.6 Å². The lowest BCUT2D eigenvalue weighted by Gasteiger charge is -2.22. The third kappa shape index (κ3) is 14.8. The first-order chi connectivity index (χ1) is 20.5. The van der Waals surface area contributed by atoms with E-state index in [4.69, 9.17) is 14.2 Å². The second-order valence-corrected chi connectivity index (χ2v) is 12.4. The fourth-order valence-electron chi connectivity index (χ4n) is 5.04. The van der Waals surface area contributed by atoms with E-state index in [1.54, 1.807) is 29.7 Å². The lowest BCUT2D eigenvalue weighted by molar-refractivity contribution is -0.674. The number of hydrogen-bond acceptors (Lipinski definition) is 7. The topological polar surface area (TPSA) is 90.1 Å². The molecule has 42 heavy (non-hydrogen) atoms. The van der Waals surface area contributed by atoms with E-state index < -0.39 is 23.7 Å². The number of aromatic nitrogens is 1. The van der Waals surface area contributed by atoms with E-state index in [1.165, 1.54) is 97.0 Å². The van der Waals surface area contributed by atoms with Crippen molar-refractivity contribution in [3.05, 3.63) is 28.7 Å². The first-order valence-electron chi connectivity index (χ1n) is 16.3. The summed E-state index contributed by atoms with van der Waals surface area (Å²) in [5, 5.41) is 5.79. The minimum Gasteiger partial charge on any atom is -0.461 e. The molecule has 0 bridgehead atoms. The van der Waals surface area contributed by atoms with Crippen molar-refractivity contribution >= 4 is 29.6 Å². The van der Waals surface area contributed by atoms with Crippen LogP contribution in [0.5, 0.6) is 0 Å². The average Bonchev–Trinajstić information content (AvgIpc) is 3.64. The second-order valence-electron chi connectivity index (χ2n) is 11.4. The van der Waals surface area contributed by atoms with Crippen LogP contribution >= 0.6 is 11.3 Å². The van der Waals surface area contributed by atoms with Gasteiger partial charge >= 0.3 is 12.1 Å². The summed E-state index contributed by atoms with van der Waals surface area (Å²) in [4.78, 5) is 29.5. The molecule has 0 spiro atoms. The number of rotatable bonds is 25. The quantitative estimate of drug-likeness (QED) is 0.0733. The smallest absolute Gasteiger partial charge is 0.407 e. The molecule has 1 N–H and O–H groups in total. The maximum Gasteiger partial charge on any atom is 0.407 e. The maximum absolute atomic E-state index is 13.0. The van der Waals surface area contributed by atoms with Crippen LogP contribution in [0.3, 0.4) is 0 Å². The van der Waals surface area contributed by atoms with Crippen LogP contribution in [-0.4, -0.2) is 56.8 Å². The second kappa shape index (κ2) is 22.3. The molecule has 2 rings (SSSR count). The van der Waals surface area contributed by atoms with Gasteiger partial charge in [0.1, 0.15) is 26.4 Å². The summed E-state index contributed by atoms with van der Waals surface area (Å²) in [6.45, 7) is 2.84. The van der Waals surface area contributed by atoms with Gasteiger partial charge in [0, 0.05) is 19.9 Å². The fourth-order valence-corrected chi connectivity index (χ4v) is 5.97. The number of allylic oxidation sites excluding steroid dienone is 1. The van der Waals surface area contributed by atoms with E-state index in [2.05, 4.69) is 17.2 Å². The van der Waals surface area contributed by atoms with E-state index in [9.17, 15) is 9.59 Å². The number of esters is 1. The fraction of sp³-hybridized carbons (Fsp3) is 0.758. The zero-order valence-electron chi connectivity index (χ0n) is 26.5. The summed E-state index contributed by atoms with van der Waals surface area (Å²) in [5.41, 5.74) is -1.08. The number of nitrogens with zero attached hydrogens (tertiary/aromatic N) is 2. The number of aryl methyl sites for hydroxylation is 1. The van der Waals surface area contributed by atoms with Crippen LogP contribution in [0, 0.1) is 0 Å². The Balaban J connectivity index is 1.45. The Labute approximate surface area is 258 Å². The van der Waals surface area contributed by atoms with Gasteiger partial charge in [0.2, 0.25) is 5.01 Å². The van der Waals surface area contributed by atoms with Crippen LogP contribution in [0.15, 0.2) is 28.7 Å². The molecule has 0 aliphatic carbocycles. The van der Waals surface area contributed by atoms with Gasteiger partial charge in [0.25, 0.3) is 0 Å². The maximum atomic E-state index is 13.0. The zero-order valence-corrected chi connectivity index (χ0v) is 27.3. The molecular formula is C33H56N3O5S+. The zero-order chi connectivity index (χ0) is 30.3. The van der Waals surface area contributed by atoms with Crippen molar-refractivity contribution < 1.29 is 28.4 Å². The first-order valence-corrected chi connectivity index (χ1v) is 17.1. The normalized spacial score (nSPS) is 16.5. The highest BCUT2D eigenvalue weighted by Crippen LogP contribution is 2.25. The number of thiazole rings is 1. The molecule has 9 heteroatoms. The van der Waals surface area contributed by atoms with Gasteiger partial charge in [-0.25, -0.2) is 9.59 Å². The SMILES string of the molecule is CCCCCCCCCCCCCCCCCCNC(=O)OCC(COC(=O)C1(Cc2scc[n+]2C)C=CC=N1)OC. The largest absolute Gasteiger partial charge is 0.461 e. The van der Waals surface area contributed by atoms with Crippen molar-refractivity contribution in [3.8, 4) is 0 Å². The monoisotopic (exact) mass is 606 g/mol. The van der Waals surface area contributed by atoms with Crippen LogP contribution < -0.4 is 9.88 Å². The molecular weight excluding hydrogens is 550 g/mol. The molecule has 0 aromatic carbocycles. The molecule has 0 radical (unpaired) electrons.